The van der Waals surface area contributed by atoms with Crippen molar-refractivity contribution in [1.29, 1.82) is 0 Å². The number of hydrogen-bond donors (Lipinski definition) is 1. The van der Waals surface area contributed by atoms with Gasteiger partial charge in [-0.15, -0.1) is 10.2 Å². The fourth-order valence-corrected chi connectivity index (χ4v) is 3.54. The van der Waals surface area contributed by atoms with Gasteiger partial charge in [0.1, 0.15) is 17.8 Å². The van der Waals surface area contributed by atoms with E-state index in [-0.39, 0.29) is 23.6 Å². The minimum absolute atomic E-state index is 0.0102. The van der Waals surface area contributed by atoms with Crippen molar-refractivity contribution in [2.45, 2.75) is 38.5 Å². The Balaban J connectivity index is 1.66. The van der Waals surface area contributed by atoms with Gasteiger partial charge in [-0.3, -0.25) is 9.59 Å². The molecule has 1 aromatic carbocycles. The van der Waals surface area contributed by atoms with Gasteiger partial charge in [0.2, 0.25) is 5.91 Å². The summed E-state index contributed by atoms with van der Waals surface area (Å²) in [6, 6.07) is 10.7. The molecule has 0 aliphatic carbocycles. The first-order valence-corrected chi connectivity index (χ1v) is 10.5. The molecule has 0 aliphatic rings. The van der Waals surface area contributed by atoms with Crippen molar-refractivity contribution in [3.8, 4) is 0 Å². The van der Waals surface area contributed by atoms with Gasteiger partial charge in [0.15, 0.2) is 5.16 Å². The highest BCUT2D eigenvalue weighted by molar-refractivity contribution is 7.99. The third kappa shape index (κ3) is 5.50. The fourth-order valence-electron chi connectivity index (χ4n) is 2.85. The highest BCUT2D eigenvalue weighted by Crippen LogP contribution is 2.19. The van der Waals surface area contributed by atoms with Crippen molar-refractivity contribution in [1.82, 2.24) is 19.7 Å². The first kappa shape index (κ1) is 21.6. The number of nitrogens with one attached hydrogen (secondary N) is 1. The van der Waals surface area contributed by atoms with Crippen molar-refractivity contribution in [2.75, 3.05) is 11.1 Å². The van der Waals surface area contributed by atoms with Crippen LogP contribution in [0.4, 0.5) is 5.69 Å². The molecule has 3 rings (SSSR count). The van der Waals surface area contributed by atoms with Gasteiger partial charge in [-0.1, -0.05) is 17.8 Å². The van der Waals surface area contributed by atoms with Crippen LogP contribution in [0, 0.1) is 6.92 Å². The van der Waals surface area contributed by atoms with E-state index in [0.717, 1.165) is 11.5 Å². The molecule has 0 bridgehead atoms. The molecule has 2 heterocycles. The Morgan fingerprint density at radius 2 is 2.07 bits per heavy atom. The lowest BCUT2D eigenvalue weighted by Gasteiger charge is -2.26. The molecule has 158 valence electrons. The summed E-state index contributed by atoms with van der Waals surface area (Å²) in [7, 11) is 1.82. The molecule has 2 aromatic heterocycles. The van der Waals surface area contributed by atoms with Gasteiger partial charge in [-0.2, -0.15) is 0 Å². The summed E-state index contributed by atoms with van der Waals surface area (Å²) in [5, 5.41) is 11.2. The summed E-state index contributed by atoms with van der Waals surface area (Å²) < 4.78 is 7.38. The largest absolute Gasteiger partial charge is 0.464 e. The Hall–Kier alpha value is -3.07. The number of nitrogens with zero attached hydrogens (tertiary/aromatic N) is 4. The third-order valence-corrected chi connectivity index (χ3v) is 5.44. The second-order valence-corrected chi connectivity index (χ2v) is 8.12. The standard InChI is InChI=1S/C21H25N5O3S/c1-14(2)26(11-18-9-8-15(3)29-18)20(28)16-6-5-7-17(10-16)23-19(27)12-30-21-24-22-13-25(21)4/h5-10,13-14H,11-12H2,1-4H3,(H,23,27). The first-order chi connectivity index (χ1) is 14.3. The van der Waals surface area contributed by atoms with Crippen LogP contribution in [0.25, 0.3) is 0 Å². The van der Waals surface area contributed by atoms with E-state index in [1.54, 1.807) is 40.1 Å². The fraction of sp³-hybridized carbons (Fsp3) is 0.333. The van der Waals surface area contributed by atoms with E-state index in [4.69, 9.17) is 4.42 Å². The van der Waals surface area contributed by atoms with Gasteiger partial charge in [-0.25, -0.2) is 0 Å². The summed E-state index contributed by atoms with van der Waals surface area (Å²) >= 11 is 1.30. The first-order valence-electron chi connectivity index (χ1n) is 9.56. The number of amides is 2. The van der Waals surface area contributed by atoms with Crippen molar-refractivity contribution in [2.24, 2.45) is 7.05 Å². The molecule has 0 atom stereocenters. The maximum absolute atomic E-state index is 13.1. The lowest BCUT2D eigenvalue weighted by Crippen LogP contribution is -2.36. The van der Waals surface area contributed by atoms with Crippen molar-refractivity contribution >= 4 is 29.3 Å². The number of anilines is 1. The summed E-state index contributed by atoms with van der Waals surface area (Å²) in [5.41, 5.74) is 1.08. The zero-order valence-electron chi connectivity index (χ0n) is 17.5. The Labute approximate surface area is 179 Å². The van der Waals surface area contributed by atoms with Crippen molar-refractivity contribution < 1.29 is 14.0 Å². The number of hydrogen-bond acceptors (Lipinski definition) is 6. The van der Waals surface area contributed by atoms with Gasteiger partial charge < -0.3 is 19.2 Å². The Morgan fingerprint density at radius 1 is 1.27 bits per heavy atom. The molecule has 9 heteroatoms. The van der Waals surface area contributed by atoms with Crippen LogP contribution in [0.15, 0.2) is 52.3 Å². The molecule has 30 heavy (non-hydrogen) atoms. The second kappa shape index (κ2) is 9.62. The number of aromatic nitrogens is 3. The molecule has 0 aliphatic heterocycles. The average Bonchev–Trinajstić information content (AvgIpc) is 3.31. The number of carbonyl (C=O) groups is 2. The molecule has 0 fully saturated rings. The van der Waals surface area contributed by atoms with Crippen LogP contribution >= 0.6 is 11.8 Å². The zero-order chi connectivity index (χ0) is 21.7. The van der Waals surface area contributed by atoms with Gasteiger partial charge >= 0.3 is 0 Å². The summed E-state index contributed by atoms with van der Waals surface area (Å²) in [6.07, 6.45) is 1.58. The van der Waals surface area contributed by atoms with E-state index >= 15 is 0 Å². The predicted molar refractivity (Wildman–Crippen MR) is 115 cm³/mol. The normalized spacial score (nSPS) is 11.0. The molecule has 0 unspecified atom stereocenters. The number of benzene rings is 1. The van der Waals surface area contributed by atoms with Gasteiger partial charge in [0, 0.05) is 24.3 Å². The Bertz CT molecular complexity index is 1030. The lowest BCUT2D eigenvalue weighted by atomic mass is 10.1. The van der Waals surface area contributed by atoms with Gasteiger partial charge in [-0.05, 0) is 51.1 Å². The molecular weight excluding hydrogens is 402 g/mol. The molecule has 0 spiro atoms. The second-order valence-electron chi connectivity index (χ2n) is 7.18. The smallest absolute Gasteiger partial charge is 0.254 e. The maximum Gasteiger partial charge on any atom is 0.254 e. The van der Waals surface area contributed by atoms with Gasteiger partial charge in [0.05, 0.1) is 12.3 Å². The van der Waals surface area contributed by atoms with Crippen LogP contribution in [-0.4, -0.2) is 43.3 Å². The van der Waals surface area contributed by atoms with Crippen LogP contribution < -0.4 is 5.32 Å². The van der Waals surface area contributed by atoms with E-state index in [2.05, 4.69) is 15.5 Å². The number of thioether (sulfide) groups is 1. The third-order valence-electron chi connectivity index (χ3n) is 4.40. The lowest BCUT2D eigenvalue weighted by molar-refractivity contribution is -0.113. The van der Waals surface area contributed by atoms with Crippen LogP contribution in [0.2, 0.25) is 0 Å². The molecule has 0 saturated heterocycles. The van der Waals surface area contributed by atoms with Crippen LogP contribution in [-0.2, 0) is 18.4 Å². The van der Waals surface area contributed by atoms with Crippen molar-refractivity contribution in [3.05, 3.63) is 59.8 Å². The molecule has 3 aromatic rings. The number of aryl methyl sites for hydroxylation is 2. The topological polar surface area (TPSA) is 93.3 Å². The van der Waals surface area contributed by atoms with Crippen LogP contribution in [0.3, 0.4) is 0 Å². The quantitative estimate of drug-likeness (QED) is 0.553. The molecule has 0 saturated carbocycles. The maximum atomic E-state index is 13.1. The Kier molecular flexibility index (Phi) is 6.94. The SMILES string of the molecule is Cc1ccc(CN(C(=O)c2cccc(NC(=O)CSc3nncn3C)c2)C(C)C)o1. The summed E-state index contributed by atoms with van der Waals surface area (Å²) in [5.74, 6) is 1.44. The average molecular weight is 428 g/mol. The number of rotatable bonds is 8. The van der Waals surface area contributed by atoms with Crippen LogP contribution in [0.1, 0.15) is 35.7 Å². The molecule has 1 N–H and O–H groups in total. The molecular formula is C21H25N5O3S. The summed E-state index contributed by atoms with van der Waals surface area (Å²) in [6.45, 7) is 6.18. The summed E-state index contributed by atoms with van der Waals surface area (Å²) in [4.78, 5) is 27.1. The zero-order valence-corrected chi connectivity index (χ0v) is 18.3. The number of carbonyl (C=O) groups excluding carboxylic acids is 2. The highest BCUT2D eigenvalue weighted by Gasteiger charge is 2.21. The molecule has 0 radical (unpaired) electrons. The van der Waals surface area contributed by atoms with E-state index in [9.17, 15) is 9.59 Å². The minimum atomic E-state index is -0.181. The predicted octanol–water partition coefficient (Wildman–Crippen LogP) is 3.50. The van der Waals surface area contributed by atoms with Gasteiger partial charge in [0.25, 0.3) is 5.91 Å². The molecule has 2 amide bonds. The van der Waals surface area contributed by atoms with Crippen molar-refractivity contribution in [3.63, 3.8) is 0 Å². The van der Waals surface area contributed by atoms with E-state index in [1.807, 2.05) is 40.0 Å². The van der Waals surface area contributed by atoms with E-state index in [1.165, 1.54) is 11.8 Å². The minimum Gasteiger partial charge on any atom is -0.464 e. The monoisotopic (exact) mass is 427 g/mol. The highest BCUT2D eigenvalue weighted by atomic mass is 32.2. The number of furan rings is 1. The van der Waals surface area contributed by atoms with E-state index < -0.39 is 0 Å². The molecule has 8 nitrogen and oxygen atoms in total. The Morgan fingerprint density at radius 3 is 2.70 bits per heavy atom. The van der Waals surface area contributed by atoms with E-state index in [0.29, 0.717) is 23.0 Å². The van der Waals surface area contributed by atoms with Crippen LogP contribution in [0.5, 0.6) is 0 Å².